The lowest BCUT2D eigenvalue weighted by molar-refractivity contribution is -0.122. The minimum absolute atomic E-state index is 0.0739. The summed E-state index contributed by atoms with van der Waals surface area (Å²) in [6.07, 6.45) is 1.26. The zero-order valence-electron chi connectivity index (χ0n) is 11.7. The third kappa shape index (κ3) is 4.07. The average molecular weight is 339 g/mol. The summed E-state index contributed by atoms with van der Waals surface area (Å²) in [5.41, 5.74) is 1.84. The van der Waals surface area contributed by atoms with Gasteiger partial charge in [-0.15, -0.1) is 0 Å². The van der Waals surface area contributed by atoms with Crippen molar-refractivity contribution in [2.24, 2.45) is 11.8 Å². The van der Waals surface area contributed by atoms with E-state index in [2.05, 4.69) is 33.5 Å². The number of carbonyl (C=O) groups excluding carboxylic acids is 2. The Morgan fingerprint density at radius 1 is 1.40 bits per heavy atom. The number of carbonyl (C=O) groups is 2. The van der Waals surface area contributed by atoms with Gasteiger partial charge in [-0.25, -0.2) is 0 Å². The molecule has 108 valence electrons. The predicted molar refractivity (Wildman–Crippen MR) is 82.4 cm³/mol. The highest BCUT2D eigenvalue weighted by Gasteiger charge is 2.38. The number of hydrogen-bond donors (Lipinski definition) is 2. The van der Waals surface area contributed by atoms with Crippen molar-refractivity contribution in [2.75, 3.05) is 11.9 Å². The molecule has 0 spiro atoms. The lowest BCUT2D eigenvalue weighted by Gasteiger charge is -2.08. The molecule has 2 atom stereocenters. The smallest absolute Gasteiger partial charge is 0.226 e. The summed E-state index contributed by atoms with van der Waals surface area (Å²) in [6, 6.07) is 5.66. The Hall–Kier alpha value is -1.36. The number of aryl methyl sites for hydroxylation is 1. The van der Waals surface area contributed by atoms with Crippen LogP contribution in [-0.2, 0) is 9.59 Å². The minimum Gasteiger partial charge on any atom is -0.355 e. The first-order chi connectivity index (χ1) is 9.47. The first-order valence-electron chi connectivity index (χ1n) is 6.81. The van der Waals surface area contributed by atoms with Crippen LogP contribution in [0.4, 0.5) is 5.69 Å². The molecule has 4 nitrogen and oxygen atoms in total. The van der Waals surface area contributed by atoms with Gasteiger partial charge in [0.1, 0.15) is 0 Å². The molecular formula is C15H19BrN2O2. The van der Waals surface area contributed by atoms with E-state index < -0.39 is 0 Å². The van der Waals surface area contributed by atoms with Crippen molar-refractivity contribution in [3.8, 4) is 0 Å². The van der Waals surface area contributed by atoms with E-state index in [0.29, 0.717) is 18.9 Å². The molecule has 0 bridgehead atoms. The van der Waals surface area contributed by atoms with Gasteiger partial charge in [0.15, 0.2) is 0 Å². The fraction of sp³-hybridized carbons (Fsp3) is 0.467. The molecular weight excluding hydrogens is 320 g/mol. The molecule has 1 fully saturated rings. The van der Waals surface area contributed by atoms with E-state index in [0.717, 1.165) is 22.1 Å². The number of hydrogen-bond acceptors (Lipinski definition) is 2. The Labute approximate surface area is 127 Å². The fourth-order valence-electron chi connectivity index (χ4n) is 2.06. The minimum atomic E-state index is -0.0872. The highest BCUT2D eigenvalue weighted by molar-refractivity contribution is 9.10. The second-order valence-corrected chi connectivity index (χ2v) is 6.23. The van der Waals surface area contributed by atoms with E-state index in [1.165, 1.54) is 0 Å². The Morgan fingerprint density at radius 2 is 2.10 bits per heavy atom. The van der Waals surface area contributed by atoms with Crippen LogP contribution in [-0.4, -0.2) is 18.4 Å². The van der Waals surface area contributed by atoms with E-state index in [4.69, 9.17) is 0 Å². The van der Waals surface area contributed by atoms with Gasteiger partial charge in [0, 0.05) is 29.0 Å². The van der Waals surface area contributed by atoms with Crippen LogP contribution in [0.1, 0.15) is 25.3 Å². The molecule has 1 aromatic carbocycles. The van der Waals surface area contributed by atoms with Gasteiger partial charge >= 0.3 is 0 Å². The first-order valence-corrected chi connectivity index (χ1v) is 7.60. The highest BCUT2D eigenvalue weighted by Crippen LogP contribution is 2.37. The summed E-state index contributed by atoms with van der Waals surface area (Å²) in [7, 11) is 0. The summed E-state index contributed by atoms with van der Waals surface area (Å²) in [4.78, 5) is 23.4. The van der Waals surface area contributed by atoms with E-state index in [9.17, 15) is 9.59 Å². The number of benzene rings is 1. The van der Waals surface area contributed by atoms with Crippen LogP contribution in [0.3, 0.4) is 0 Å². The first kappa shape index (κ1) is 15.0. The van der Waals surface area contributed by atoms with E-state index >= 15 is 0 Å². The summed E-state index contributed by atoms with van der Waals surface area (Å²) < 4.78 is 1.02. The molecule has 0 aromatic heterocycles. The highest BCUT2D eigenvalue weighted by atomic mass is 79.9. The molecule has 1 aromatic rings. The third-order valence-corrected chi connectivity index (χ3v) is 4.43. The quantitative estimate of drug-likeness (QED) is 0.867. The van der Waals surface area contributed by atoms with Crippen molar-refractivity contribution in [3.05, 3.63) is 28.2 Å². The number of nitrogens with one attached hydrogen (secondary N) is 2. The van der Waals surface area contributed by atoms with Crippen LogP contribution in [0.15, 0.2) is 22.7 Å². The largest absolute Gasteiger partial charge is 0.355 e. The predicted octanol–water partition coefficient (Wildman–Crippen LogP) is 2.86. The molecule has 2 rings (SSSR count). The van der Waals surface area contributed by atoms with Crippen LogP contribution in [0, 0.1) is 18.8 Å². The van der Waals surface area contributed by atoms with Gasteiger partial charge in [0.2, 0.25) is 11.8 Å². The number of anilines is 1. The molecule has 2 amide bonds. The Kier molecular flexibility index (Phi) is 4.81. The van der Waals surface area contributed by atoms with Crippen LogP contribution in [0.5, 0.6) is 0 Å². The maximum atomic E-state index is 11.8. The standard InChI is InChI=1S/C15H19BrN2O2/c1-9-8-12(9)15(20)17-6-5-14(19)18-11-3-4-13(16)10(2)7-11/h3-4,7,9,12H,5-6,8H2,1-2H3,(H,17,20)(H,18,19)/t9-,12-/m0/s1. The molecule has 5 heteroatoms. The van der Waals surface area contributed by atoms with Gasteiger partial charge in [-0.1, -0.05) is 22.9 Å². The Morgan fingerprint density at radius 3 is 2.70 bits per heavy atom. The van der Waals surface area contributed by atoms with Crippen molar-refractivity contribution in [3.63, 3.8) is 0 Å². The lowest BCUT2D eigenvalue weighted by atomic mass is 10.2. The number of rotatable bonds is 5. The average Bonchev–Trinajstić information content (AvgIpc) is 3.11. The van der Waals surface area contributed by atoms with Crippen LogP contribution < -0.4 is 10.6 Å². The van der Waals surface area contributed by atoms with E-state index in [-0.39, 0.29) is 17.7 Å². The van der Waals surface area contributed by atoms with Gasteiger partial charge in [0.05, 0.1) is 0 Å². The van der Waals surface area contributed by atoms with Gasteiger partial charge < -0.3 is 10.6 Å². The Bertz CT molecular complexity index is 531. The number of halogens is 1. The van der Waals surface area contributed by atoms with Crippen molar-refractivity contribution in [1.82, 2.24) is 5.32 Å². The molecule has 2 N–H and O–H groups in total. The molecule has 20 heavy (non-hydrogen) atoms. The molecule has 0 unspecified atom stereocenters. The van der Waals surface area contributed by atoms with E-state index in [1.54, 1.807) is 0 Å². The maximum absolute atomic E-state index is 11.8. The van der Waals surface area contributed by atoms with Gasteiger partial charge in [0.25, 0.3) is 0 Å². The molecule has 1 aliphatic carbocycles. The molecule has 0 heterocycles. The SMILES string of the molecule is Cc1cc(NC(=O)CCNC(=O)[C@H]2C[C@@H]2C)ccc1Br. The summed E-state index contributed by atoms with van der Waals surface area (Å²) >= 11 is 3.42. The van der Waals surface area contributed by atoms with Crippen LogP contribution in [0.2, 0.25) is 0 Å². The second kappa shape index (κ2) is 6.39. The number of amides is 2. The van der Waals surface area contributed by atoms with Crippen molar-refractivity contribution < 1.29 is 9.59 Å². The van der Waals surface area contributed by atoms with E-state index in [1.807, 2.05) is 25.1 Å². The monoisotopic (exact) mass is 338 g/mol. The van der Waals surface area contributed by atoms with Crippen LogP contribution in [0.25, 0.3) is 0 Å². The summed E-state index contributed by atoms with van der Waals surface area (Å²) in [6.45, 7) is 4.42. The molecule has 0 saturated heterocycles. The normalized spacial score (nSPS) is 20.4. The second-order valence-electron chi connectivity index (χ2n) is 5.37. The third-order valence-electron chi connectivity index (χ3n) is 3.54. The van der Waals surface area contributed by atoms with Gasteiger partial charge in [-0.3, -0.25) is 9.59 Å². The molecule has 0 aliphatic heterocycles. The molecule has 1 aliphatic rings. The van der Waals surface area contributed by atoms with Gasteiger partial charge in [-0.05, 0) is 43.0 Å². The van der Waals surface area contributed by atoms with Crippen molar-refractivity contribution in [1.29, 1.82) is 0 Å². The van der Waals surface area contributed by atoms with Crippen molar-refractivity contribution in [2.45, 2.75) is 26.7 Å². The molecule has 1 saturated carbocycles. The molecule has 0 radical (unpaired) electrons. The maximum Gasteiger partial charge on any atom is 0.226 e. The summed E-state index contributed by atoms with van der Waals surface area (Å²) in [5, 5.41) is 5.63. The van der Waals surface area contributed by atoms with Crippen molar-refractivity contribution >= 4 is 33.4 Å². The van der Waals surface area contributed by atoms with Gasteiger partial charge in [-0.2, -0.15) is 0 Å². The topological polar surface area (TPSA) is 58.2 Å². The fourth-order valence-corrected chi connectivity index (χ4v) is 2.31. The zero-order valence-corrected chi connectivity index (χ0v) is 13.3. The zero-order chi connectivity index (χ0) is 14.7. The summed E-state index contributed by atoms with van der Waals surface area (Å²) in [5.74, 6) is 0.641. The van der Waals surface area contributed by atoms with Crippen LogP contribution >= 0.6 is 15.9 Å². The Balaban J connectivity index is 1.72. The lowest BCUT2D eigenvalue weighted by Crippen LogP contribution is -2.29.